The summed E-state index contributed by atoms with van der Waals surface area (Å²) in [6.07, 6.45) is -2.05. The van der Waals surface area contributed by atoms with Gasteiger partial charge in [-0.3, -0.25) is 14.9 Å². The summed E-state index contributed by atoms with van der Waals surface area (Å²) in [4.78, 5) is 39.7. The highest BCUT2D eigenvalue weighted by atomic mass is 32.1. The standard InChI is InChI=1S/C19H18F3N3O4S/c20-19(21,22)11-5-6-14(13(7-11)16(28)10-3-1-2-4-10)24-17(29)25-18-23-12(9-30-18)8-15(26)27/h5-7,9-10H,1-4,8H2,(H,26,27)(H2,23,24,25,29). The number of ketones is 1. The van der Waals surface area contributed by atoms with E-state index in [2.05, 4.69) is 15.6 Å². The van der Waals surface area contributed by atoms with Gasteiger partial charge in [-0.05, 0) is 31.0 Å². The van der Waals surface area contributed by atoms with Gasteiger partial charge in [0.1, 0.15) is 0 Å². The van der Waals surface area contributed by atoms with Crippen LogP contribution in [-0.2, 0) is 17.4 Å². The van der Waals surface area contributed by atoms with Crippen LogP contribution in [0.4, 0.5) is 28.8 Å². The molecular weight excluding hydrogens is 423 g/mol. The molecule has 3 N–H and O–H groups in total. The lowest BCUT2D eigenvalue weighted by atomic mass is 9.93. The summed E-state index contributed by atoms with van der Waals surface area (Å²) in [5, 5.41) is 15.2. The molecule has 2 aromatic rings. The molecule has 0 saturated heterocycles. The number of aliphatic carboxylic acids is 1. The first kappa shape index (κ1) is 21.8. The summed E-state index contributed by atoms with van der Waals surface area (Å²) in [6, 6.07) is 1.83. The number of hydrogen-bond acceptors (Lipinski definition) is 5. The van der Waals surface area contributed by atoms with Crippen LogP contribution in [0, 0.1) is 5.92 Å². The fourth-order valence-corrected chi connectivity index (χ4v) is 4.00. The maximum atomic E-state index is 13.1. The van der Waals surface area contributed by atoms with Crippen LogP contribution < -0.4 is 10.6 Å². The van der Waals surface area contributed by atoms with Gasteiger partial charge in [-0.1, -0.05) is 12.8 Å². The van der Waals surface area contributed by atoms with Crippen molar-refractivity contribution in [1.82, 2.24) is 4.98 Å². The summed E-state index contributed by atoms with van der Waals surface area (Å²) >= 11 is 1.01. The number of carbonyl (C=O) groups is 3. The highest BCUT2D eigenvalue weighted by Crippen LogP contribution is 2.35. The molecule has 1 heterocycles. The molecule has 3 rings (SSSR count). The molecule has 1 aromatic carbocycles. The molecule has 0 unspecified atom stereocenters. The quantitative estimate of drug-likeness (QED) is 0.558. The van der Waals surface area contributed by atoms with Crippen LogP contribution in [0.2, 0.25) is 0 Å². The van der Waals surface area contributed by atoms with E-state index in [1.165, 1.54) is 5.38 Å². The maximum absolute atomic E-state index is 13.1. The molecule has 0 radical (unpaired) electrons. The Labute approximate surface area is 173 Å². The first-order valence-corrected chi connectivity index (χ1v) is 10.0. The summed E-state index contributed by atoms with van der Waals surface area (Å²) in [5.41, 5.74) is -0.917. The zero-order valence-corrected chi connectivity index (χ0v) is 16.4. The van der Waals surface area contributed by atoms with Crippen molar-refractivity contribution >= 4 is 39.9 Å². The highest BCUT2D eigenvalue weighted by Gasteiger charge is 2.33. The number of carboxylic acid groups (broad SMARTS) is 1. The van der Waals surface area contributed by atoms with E-state index in [-0.39, 0.29) is 34.4 Å². The van der Waals surface area contributed by atoms with Crippen LogP contribution in [0.15, 0.2) is 23.6 Å². The second-order valence-electron chi connectivity index (χ2n) is 6.90. The van der Waals surface area contributed by atoms with Gasteiger partial charge in [0.15, 0.2) is 10.9 Å². The fraction of sp³-hybridized carbons (Fsp3) is 0.368. The molecule has 1 saturated carbocycles. The topological polar surface area (TPSA) is 108 Å². The number of thiazole rings is 1. The monoisotopic (exact) mass is 441 g/mol. The average Bonchev–Trinajstić information content (AvgIpc) is 3.32. The summed E-state index contributed by atoms with van der Waals surface area (Å²) < 4.78 is 39.4. The zero-order chi connectivity index (χ0) is 21.9. The Morgan fingerprint density at radius 3 is 2.50 bits per heavy atom. The van der Waals surface area contributed by atoms with Gasteiger partial charge in [-0.25, -0.2) is 9.78 Å². The van der Waals surface area contributed by atoms with Crippen molar-refractivity contribution in [3.8, 4) is 0 Å². The Hall–Kier alpha value is -2.95. The Bertz CT molecular complexity index is 968. The van der Waals surface area contributed by atoms with Gasteiger partial charge in [-0.2, -0.15) is 13.2 Å². The summed E-state index contributed by atoms with van der Waals surface area (Å²) in [7, 11) is 0. The van der Waals surface area contributed by atoms with Crippen molar-refractivity contribution in [3.63, 3.8) is 0 Å². The van der Waals surface area contributed by atoms with E-state index in [4.69, 9.17) is 5.11 Å². The molecule has 1 aliphatic rings. The number of halogens is 3. The zero-order valence-electron chi connectivity index (χ0n) is 15.6. The van der Waals surface area contributed by atoms with Crippen LogP contribution in [0.3, 0.4) is 0 Å². The van der Waals surface area contributed by atoms with Gasteiger partial charge >= 0.3 is 18.2 Å². The van der Waals surface area contributed by atoms with Gasteiger partial charge in [0.25, 0.3) is 0 Å². The Morgan fingerprint density at radius 2 is 1.87 bits per heavy atom. The first-order chi connectivity index (χ1) is 14.1. The molecule has 2 amide bonds. The van der Waals surface area contributed by atoms with E-state index in [9.17, 15) is 27.6 Å². The Morgan fingerprint density at radius 1 is 1.17 bits per heavy atom. The molecule has 160 valence electrons. The lowest BCUT2D eigenvalue weighted by molar-refractivity contribution is -0.138. The minimum Gasteiger partial charge on any atom is -0.481 e. The van der Waals surface area contributed by atoms with Crippen molar-refractivity contribution < 1.29 is 32.7 Å². The molecule has 0 spiro atoms. The number of benzene rings is 1. The van der Waals surface area contributed by atoms with Gasteiger partial charge in [0.05, 0.1) is 23.4 Å². The number of aromatic nitrogens is 1. The highest BCUT2D eigenvalue weighted by molar-refractivity contribution is 7.14. The van der Waals surface area contributed by atoms with Crippen molar-refractivity contribution in [3.05, 3.63) is 40.4 Å². The van der Waals surface area contributed by atoms with Gasteiger partial charge in [0.2, 0.25) is 0 Å². The van der Waals surface area contributed by atoms with Crippen molar-refractivity contribution in [2.75, 3.05) is 10.6 Å². The van der Waals surface area contributed by atoms with Crippen LogP contribution >= 0.6 is 11.3 Å². The number of amides is 2. The largest absolute Gasteiger partial charge is 0.481 e. The van der Waals surface area contributed by atoms with E-state index >= 15 is 0 Å². The predicted octanol–water partition coefficient (Wildman–Crippen LogP) is 4.81. The van der Waals surface area contributed by atoms with Gasteiger partial charge in [0, 0.05) is 16.9 Å². The number of rotatable bonds is 6. The maximum Gasteiger partial charge on any atom is 0.416 e. The Kier molecular flexibility index (Phi) is 6.40. The lowest BCUT2D eigenvalue weighted by Gasteiger charge is -2.16. The fourth-order valence-electron chi connectivity index (χ4n) is 3.29. The van der Waals surface area contributed by atoms with E-state index in [0.29, 0.717) is 12.8 Å². The third-order valence-corrected chi connectivity index (χ3v) is 5.50. The normalized spacial score (nSPS) is 14.5. The first-order valence-electron chi connectivity index (χ1n) is 9.13. The summed E-state index contributed by atoms with van der Waals surface area (Å²) in [6.45, 7) is 0. The molecule has 1 aliphatic carbocycles. The molecule has 30 heavy (non-hydrogen) atoms. The number of anilines is 2. The molecular formula is C19H18F3N3O4S. The third kappa shape index (κ3) is 5.35. The lowest BCUT2D eigenvalue weighted by Crippen LogP contribution is -2.23. The third-order valence-electron chi connectivity index (χ3n) is 4.69. The number of alkyl halides is 3. The number of carboxylic acids is 1. The van der Waals surface area contributed by atoms with Crippen LogP contribution in [0.25, 0.3) is 0 Å². The number of carbonyl (C=O) groups excluding carboxylic acids is 2. The van der Waals surface area contributed by atoms with Crippen molar-refractivity contribution in [2.45, 2.75) is 38.3 Å². The minimum absolute atomic E-state index is 0.0280. The SMILES string of the molecule is O=C(O)Cc1csc(NC(=O)Nc2ccc(C(F)(F)F)cc2C(=O)C2CCCC2)n1. The van der Waals surface area contributed by atoms with Gasteiger partial charge in [-0.15, -0.1) is 11.3 Å². The number of nitrogens with one attached hydrogen (secondary N) is 2. The van der Waals surface area contributed by atoms with Gasteiger partial charge < -0.3 is 10.4 Å². The second-order valence-corrected chi connectivity index (χ2v) is 7.76. The average molecular weight is 441 g/mol. The number of nitrogens with zero attached hydrogens (tertiary/aromatic N) is 1. The smallest absolute Gasteiger partial charge is 0.416 e. The molecule has 0 bridgehead atoms. The van der Waals surface area contributed by atoms with Crippen molar-refractivity contribution in [1.29, 1.82) is 0 Å². The number of hydrogen-bond donors (Lipinski definition) is 3. The summed E-state index contributed by atoms with van der Waals surface area (Å²) in [5.74, 6) is -1.86. The molecule has 1 aromatic heterocycles. The minimum atomic E-state index is -4.62. The number of urea groups is 1. The van der Waals surface area contributed by atoms with Crippen molar-refractivity contribution in [2.24, 2.45) is 5.92 Å². The molecule has 11 heteroatoms. The molecule has 1 fully saturated rings. The molecule has 7 nitrogen and oxygen atoms in total. The Balaban J connectivity index is 1.79. The van der Waals surface area contributed by atoms with Crippen LogP contribution in [-0.4, -0.2) is 27.9 Å². The van der Waals surface area contributed by atoms with Crippen LogP contribution in [0.5, 0.6) is 0 Å². The predicted molar refractivity (Wildman–Crippen MR) is 104 cm³/mol. The van der Waals surface area contributed by atoms with E-state index in [1.54, 1.807) is 0 Å². The molecule has 0 aliphatic heterocycles. The molecule has 0 atom stereocenters. The van der Waals surface area contributed by atoms with E-state index in [1.807, 2.05) is 0 Å². The second kappa shape index (κ2) is 8.82. The van der Waals surface area contributed by atoms with Crippen LogP contribution in [0.1, 0.15) is 47.3 Å². The van der Waals surface area contributed by atoms with E-state index in [0.717, 1.165) is 42.4 Å². The number of Topliss-reactive ketones (excluding diaryl/α,β-unsaturated/α-hetero) is 1. The van der Waals surface area contributed by atoms with E-state index < -0.39 is 29.5 Å².